The Kier molecular flexibility index (Phi) is 6.61. The Labute approximate surface area is 113 Å². The molecule has 2 N–H and O–H groups in total. The molecule has 3 nitrogen and oxygen atoms in total. The van der Waals surface area contributed by atoms with Crippen LogP contribution in [0.4, 0.5) is 0 Å². The van der Waals surface area contributed by atoms with Crippen LogP contribution in [-0.4, -0.2) is 48.3 Å². The zero-order valence-electron chi connectivity index (χ0n) is 12.7. The predicted octanol–water partition coefficient (Wildman–Crippen LogP) is 2.25. The molecule has 1 saturated carbocycles. The third kappa shape index (κ3) is 5.68. The van der Waals surface area contributed by atoms with Crippen molar-refractivity contribution in [2.45, 2.75) is 65.5 Å². The van der Waals surface area contributed by atoms with E-state index in [4.69, 9.17) is 0 Å². The van der Waals surface area contributed by atoms with Gasteiger partial charge in [0.25, 0.3) is 0 Å². The second kappa shape index (κ2) is 7.46. The highest BCUT2D eigenvalue weighted by atomic mass is 16.3. The fourth-order valence-electron chi connectivity index (χ4n) is 2.64. The summed E-state index contributed by atoms with van der Waals surface area (Å²) in [5.41, 5.74) is 0.330. The van der Waals surface area contributed by atoms with Crippen LogP contribution in [-0.2, 0) is 0 Å². The number of nitrogens with one attached hydrogen (secondary N) is 1. The molecule has 0 radical (unpaired) electrons. The molecule has 1 aliphatic carbocycles. The van der Waals surface area contributed by atoms with Crippen LogP contribution in [0.5, 0.6) is 0 Å². The molecule has 1 unspecified atom stereocenters. The van der Waals surface area contributed by atoms with Gasteiger partial charge < -0.3 is 10.4 Å². The van der Waals surface area contributed by atoms with Crippen molar-refractivity contribution in [3.8, 4) is 0 Å². The Morgan fingerprint density at radius 3 is 2.50 bits per heavy atom. The Morgan fingerprint density at radius 2 is 2.06 bits per heavy atom. The summed E-state index contributed by atoms with van der Waals surface area (Å²) in [7, 11) is 0. The van der Waals surface area contributed by atoms with Crippen LogP contribution in [0.15, 0.2) is 0 Å². The first kappa shape index (κ1) is 15.9. The molecular formula is C15H32N2O. The molecule has 0 heterocycles. The molecule has 18 heavy (non-hydrogen) atoms. The highest BCUT2D eigenvalue weighted by molar-refractivity contribution is 4.87. The van der Waals surface area contributed by atoms with Gasteiger partial charge in [-0.1, -0.05) is 20.3 Å². The molecule has 0 bridgehead atoms. The summed E-state index contributed by atoms with van der Waals surface area (Å²) >= 11 is 0. The minimum Gasteiger partial charge on any atom is -0.395 e. The van der Waals surface area contributed by atoms with Crippen LogP contribution in [0.3, 0.4) is 0 Å². The molecule has 108 valence electrons. The molecule has 0 amide bonds. The zero-order chi connectivity index (χ0) is 13.6. The lowest BCUT2D eigenvalue weighted by Gasteiger charge is -2.37. The van der Waals surface area contributed by atoms with Gasteiger partial charge in [-0.15, -0.1) is 0 Å². The highest BCUT2D eigenvalue weighted by Gasteiger charge is 2.30. The van der Waals surface area contributed by atoms with E-state index in [1.807, 2.05) is 0 Å². The minimum absolute atomic E-state index is 0.260. The molecule has 0 aromatic carbocycles. The predicted molar refractivity (Wildman–Crippen MR) is 77.8 cm³/mol. The number of hydrogen-bond donors (Lipinski definition) is 2. The van der Waals surface area contributed by atoms with Gasteiger partial charge in [0.15, 0.2) is 0 Å². The molecule has 1 atom stereocenters. The van der Waals surface area contributed by atoms with E-state index in [1.54, 1.807) is 0 Å². The summed E-state index contributed by atoms with van der Waals surface area (Å²) in [5.74, 6) is 0. The lowest BCUT2D eigenvalue weighted by molar-refractivity contribution is 0.100. The fraction of sp³-hybridized carbons (Fsp3) is 1.00. The van der Waals surface area contributed by atoms with Gasteiger partial charge in [-0.2, -0.15) is 0 Å². The van der Waals surface area contributed by atoms with Gasteiger partial charge in [0, 0.05) is 31.7 Å². The van der Waals surface area contributed by atoms with E-state index in [9.17, 15) is 5.11 Å². The summed E-state index contributed by atoms with van der Waals surface area (Å²) in [6, 6.07) is 1.29. The number of aliphatic hydroxyl groups is 1. The van der Waals surface area contributed by atoms with E-state index in [2.05, 4.69) is 37.9 Å². The maximum atomic E-state index is 9.18. The number of hydrogen-bond acceptors (Lipinski definition) is 3. The number of aliphatic hydroxyl groups excluding tert-OH is 1. The van der Waals surface area contributed by atoms with Crippen molar-refractivity contribution in [2.24, 2.45) is 5.41 Å². The summed E-state index contributed by atoms with van der Waals surface area (Å²) in [4.78, 5) is 2.41. The lowest BCUT2D eigenvalue weighted by Crippen LogP contribution is -2.46. The van der Waals surface area contributed by atoms with Crippen LogP contribution in [0, 0.1) is 5.41 Å². The first-order valence-corrected chi connectivity index (χ1v) is 7.59. The zero-order valence-corrected chi connectivity index (χ0v) is 12.7. The van der Waals surface area contributed by atoms with E-state index < -0.39 is 0 Å². The molecule has 3 heteroatoms. The van der Waals surface area contributed by atoms with Crippen molar-refractivity contribution in [3.05, 3.63) is 0 Å². The average molecular weight is 256 g/mol. The summed E-state index contributed by atoms with van der Waals surface area (Å²) in [6.07, 6.45) is 5.19. The normalized spacial score (nSPS) is 19.5. The summed E-state index contributed by atoms with van der Waals surface area (Å²) in [5, 5.41) is 12.9. The smallest absolute Gasteiger partial charge is 0.0558 e. The van der Waals surface area contributed by atoms with Gasteiger partial charge in [0.05, 0.1) is 6.61 Å². The molecule has 0 saturated heterocycles. The first-order chi connectivity index (χ1) is 8.50. The molecule has 0 aromatic heterocycles. The van der Waals surface area contributed by atoms with E-state index in [0.29, 0.717) is 11.5 Å². The Hall–Kier alpha value is -0.120. The summed E-state index contributed by atoms with van der Waals surface area (Å²) < 4.78 is 0. The first-order valence-electron chi connectivity index (χ1n) is 7.59. The van der Waals surface area contributed by atoms with E-state index >= 15 is 0 Å². The molecule has 1 fully saturated rings. The third-order valence-electron chi connectivity index (χ3n) is 3.95. The average Bonchev–Trinajstić information content (AvgIpc) is 3.10. The third-order valence-corrected chi connectivity index (χ3v) is 3.95. The quantitative estimate of drug-likeness (QED) is 0.629. The van der Waals surface area contributed by atoms with Crippen LogP contribution in [0.25, 0.3) is 0 Å². The SMILES string of the molecule is CCCC(C)(CNC1CC1)CN(CCO)C(C)C. The lowest BCUT2D eigenvalue weighted by atomic mass is 9.84. The van der Waals surface area contributed by atoms with Gasteiger partial charge in [0.1, 0.15) is 0 Å². The van der Waals surface area contributed by atoms with Crippen LogP contribution in [0.2, 0.25) is 0 Å². The summed E-state index contributed by atoms with van der Waals surface area (Å²) in [6.45, 7) is 12.3. The minimum atomic E-state index is 0.260. The highest BCUT2D eigenvalue weighted by Crippen LogP contribution is 2.27. The van der Waals surface area contributed by atoms with Crippen molar-refractivity contribution >= 4 is 0 Å². The number of rotatable bonds is 10. The van der Waals surface area contributed by atoms with Gasteiger partial charge in [0.2, 0.25) is 0 Å². The second-order valence-corrected chi connectivity index (χ2v) is 6.50. The molecule has 1 aliphatic rings. The van der Waals surface area contributed by atoms with E-state index in [-0.39, 0.29) is 6.61 Å². The van der Waals surface area contributed by atoms with Crippen molar-refractivity contribution in [3.63, 3.8) is 0 Å². The van der Waals surface area contributed by atoms with Gasteiger partial charge in [-0.25, -0.2) is 0 Å². The Bertz CT molecular complexity index is 229. The second-order valence-electron chi connectivity index (χ2n) is 6.50. The van der Waals surface area contributed by atoms with Gasteiger partial charge in [-0.05, 0) is 38.5 Å². The molecule has 1 rings (SSSR count). The van der Waals surface area contributed by atoms with Crippen LogP contribution >= 0.6 is 0 Å². The van der Waals surface area contributed by atoms with Crippen molar-refractivity contribution in [2.75, 3.05) is 26.2 Å². The van der Waals surface area contributed by atoms with Crippen molar-refractivity contribution < 1.29 is 5.11 Å². The fourth-order valence-corrected chi connectivity index (χ4v) is 2.64. The molecular weight excluding hydrogens is 224 g/mol. The van der Waals surface area contributed by atoms with Crippen molar-refractivity contribution in [1.82, 2.24) is 10.2 Å². The standard InChI is InChI=1S/C15H32N2O/c1-5-8-15(4,11-16-14-6-7-14)12-17(9-10-18)13(2)3/h13-14,16,18H,5-12H2,1-4H3. The largest absolute Gasteiger partial charge is 0.395 e. The topological polar surface area (TPSA) is 35.5 Å². The maximum absolute atomic E-state index is 9.18. The molecule has 0 aliphatic heterocycles. The number of nitrogens with zero attached hydrogens (tertiary/aromatic N) is 1. The van der Waals surface area contributed by atoms with Crippen LogP contribution in [0.1, 0.15) is 53.4 Å². The monoisotopic (exact) mass is 256 g/mol. The Balaban J connectivity index is 2.50. The Morgan fingerprint density at radius 1 is 1.39 bits per heavy atom. The van der Waals surface area contributed by atoms with Gasteiger partial charge in [-0.3, -0.25) is 4.90 Å². The van der Waals surface area contributed by atoms with E-state index in [1.165, 1.54) is 25.7 Å². The van der Waals surface area contributed by atoms with Crippen LogP contribution < -0.4 is 5.32 Å². The van der Waals surface area contributed by atoms with Crippen molar-refractivity contribution in [1.29, 1.82) is 0 Å². The molecule has 0 spiro atoms. The van der Waals surface area contributed by atoms with E-state index in [0.717, 1.165) is 25.7 Å². The maximum Gasteiger partial charge on any atom is 0.0558 e. The molecule has 0 aromatic rings. The van der Waals surface area contributed by atoms with Gasteiger partial charge >= 0.3 is 0 Å².